The summed E-state index contributed by atoms with van der Waals surface area (Å²) >= 11 is 0. The minimum absolute atomic E-state index is 0.0303. The lowest BCUT2D eigenvalue weighted by molar-refractivity contribution is -0.134. The van der Waals surface area contributed by atoms with E-state index >= 15 is 0 Å². The summed E-state index contributed by atoms with van der Waals surface area (Å²) in [6.07, 6.45) is 3.77. The average molecular weight is 386 g/mol. The summed E-state index contributed by atoms with van der Waals surface area (Å²) < 4.78 is 7.81. The normalized spacial score (nSPS) is 15.1. The quantitative estimate of drug-likeness (QED) is 0.537. The van der Waals surface area contributed by atoms with E-state index in [2.05, 4.69) is 16.3 Å². The van der Waals surface area contributed by atoms with E-state index < -0.39 is 0 Å². The molecule has 6 heteroatoms. The smallest absolute Gasteiger partial charge is 0.260 e. The van der Waals surface area contributed by atoms with Crippen LogP contribution in [0, 0.1) is 0 Å². The Balaban J connectivity index is 1.19. The summed E-state index contributed by atoms with van der Waals surface area (Å²) in [7, 11) is 0. The molecule has 1 saturated heterocycles. The van der Waals surface area contributed by atoms with Crippen LogP contribution >= 0.6 is 0 Å². The molecule has 0 radical (unpaired) electrons. The highest BCUT2D eigenvalue weighted by Crippen LogP contribution is 2.27. The molecule has 3 heterocycles. The van der Waals surface area contributed by atoms with Crippen LogP contribution in [0.3, 0.4) is 0 Å². The number of amides is 1. The number of aromatic nitrogens is 3. The van der Waals surface area contributed by atoms with E-state index in [9.17, 15) is 4.79 Å². The Morgan fingerprint density at radius 1 is 0.966 bits per heavy atom. The Hall–Kier alpha value is -3.41. The second kappa shape index (κ2) is 7.54. The lowest BCUT2D eigenvalue weighted by Crippen LogP contribution is -2.40. The second-order valence-corrected chi connectivity index (χ2v) is 7.44. The summed E-state index contributed by atoms with van der Waals surface area (Å²) in [5.74, 6) is 2.06. The van der Waals surface area contributed by atoms with Crippen LogP contribution in [0.15, 0.2) is 66.9 Å². The molecule has 0 aliphatic carbocycles. The van der Waals surface area contributed by atoms with Crippen molar-refractivity contribution in [3.8, 4) is 5.75 Å². The van der Waals surface area contributed by atoms with E-state index in [0.717, 1.165) is 40.8 Å². The fourth-order valence-corrected chi connectivity index (χ4v) is 4.02. The molecular weight excluding hydrogens is 364 g/mol. The van der Waals surface area contributed by atoms with Gasteiger partial charge in [-0.1, -0.05) is 36.4 Å². The Morgan fingerprint density at radius 3 is 2.62 bits per heavy atom. The molecule has 2 aromatic heterocycles. The van der Waals surface area contributed by atoms with Gasteiger partial charge in [0.05, 0.1) is 0 Å². The molecule has 0 bridgehead atoms. The van der Waals surface area contributed by atoms with Crippen LogP contribution in [0.2, 0.25) is 0 Å². The summed E-state index contributed by atoms with van der Waals surface area (Å²) in [6.45, 7) is 1.50. The van der Waals surface area contributed by atoms with Crippen LogP contribution in [0.4, 0.5) is 0 Å². The van der Waals surface area contributed by atoms with Crippen LogP contribution in [-0.2, 0) is 4.79 Å². The number of nitrogens with zero attached hydrogens (tertiary/aromatic N) is 4. The molecule has 5 rings (SSSR count). The van der Waals surface area contributed by atoms with Crippen LogP contribution in [0.25, 0.3) is 16.4 Å². The maximum absolute atomic E-state index is 12.6. The largest absolute Gasteiger partial charge is 0.484 e. The Morgan fingerprint density at radius 2 is 1.76 bits per heavy atom. The number of benzene rings is 2. The summed E-state index contributed by atoms with van der Waals surface area (Å²) in [6, 6.07) is 19.9. The molecule has 146 valence electrons. The van der Waals surface area contributed by atoms with Gasteiger partial charge in [0.1, 0.15) is 11.6 Å². The zero-order valence-corrected chi connectivity index (χ0v) is 16.1. The number of hydrogen-bond acceptors (Lipinski definition) is 4. The van der Waals surface area contributed by atoms with Crippen LogP contribution in [-0.4, -0.2) is 45.1 Å². The van der Waals surface area contributed by atoms with Crippen molar-refractivity contribution in [2.75, 3.05) is 19.7 Å². The van der Waals surface area contributed by atoms with Gasteiger partial charge in [-0.15, -0.1) is 10.2 Å². The highest BCUT2D eigenvalue weighted by Gasteiger charge is 2.27. The van der Waals surface area contributed by atoms with E-state index in [1.807, 2.05) is 70.1 Å². The van der Waals surface area contributed by atoms with Crippen LogP contribution in [0.5, 0.6) is 5.75 Å². The fourth-order valence-electron chi connectivity index (χ4n) is 4.02. The van der Waals surface area contributed by atoms with Gasteiger partial charge in [-0.05, 0) is 47.9 Å². The number of hydrogen-bond donors (Lipinski definition) is 0. The number of carbonyl (C=O) groups is 1. The lowest BCUT2D eigenvalue weighted by atomic mass is 9.96. The minimum atomic E-state index is 0.0303. The molecule has 0 saturated carbocycles. The molecule has 6 nitrogen and oxygen atoms in total. The number of likely N-dealkylation sites (tertiary alicyclic amines) is 1. The highest BCUT2D eigenvalue weighted by atomic mass is 16.5. The van der Waals surface area contributed by atoms with E-state index in [-0.39, 0.29) is 12.5 Å². The number of piperidine rings is 1. The average Bonchev–Trinajstić information content (AvgIpc) is 3.21. The maximum Gasteiger partial charge on any atom is 0.260 e. The van der Waals surface area contributed by atoms with Crippen LogP contribution < -0.4 is 4.74 Å². The summed E-state index contributed by atoms with van der Waals surface area (Å²) in [4.78, 5) is 14.5. The molecule has 2 aromatic carbocycles. The van der Waals surface area contributed by atoms with Crippen molar-refractivity contribution in [1.82, 2.24) is 19.5 Å². The van der Waals surface area contributed by atoms with Gasteiger partial charge in [0, 0.05) is 25.2 Å². The molecule has 1 amide bonds. The van der Waals surface area contributed by atoms with Crippen LogP contribution in [0.1, 0.15) is 24.6 Å². The topological polar surface area (TPSA) is 59.7 Å². The fraction of sp³-hybridized carbons (Fsp3) is 0.261. The molecule has 0 N–H and O–H groups in total. The zero-order chi connectivity index (χ0) is 19.6. The first kappa shape index (κ1) is 17.7. The molecule has 0 spiro atoms. The molecule has 0 unspecified atom stereocenters. The van der Waals surface area contributed by atoms with Crippen molar-refractivity contribution < 1.29 is 9.53 Å². The Bertz CT molecular complexity index is 1160. The number of carbonyl (C=O) groups excluding carboxylic acids is 1. The van der Waals surface area contributed by atoms with Gasteiger partial charge in [0.15, 0.2) is 12.3 Å². The lowest BCUT2D eigenvalue weighted by Gasteiger charge is -2.31. The third-order valence-electron chi connectivity index (χ3n) is 5.64. The zero-order valence-electron chi connectivity index (χ0n) is 16.1. The van der Waals surface area contributed by atoms with Gasteiger partial charge in [-0.25, -0.2) is 0 Å². The molecule has 4 aromatic rings. The SMILES string of the molecule is O=C(COc1ccc2ccccc2c1)N1CCC(c2nnc3ccccn23)CC1. The number of pyridine rings is 1. The van der Waals surface area contributed by atoms with Gasteiger partial charge in [-0.2, -0.15) is 0 Å². The molecule has 1 fully saturated rings. The number of rotatable bonds is 4. The highest BCUT2D eigenvalue weighted by molar-refractivity contribution is 5.84. The molecule has 0 atom stereocenters. The first-order valence-electron chi connectivity index (χ1n) is 9.97. The first-order chi connectivity index (χ1) is 14.3. The van der Waals surface area contributed by atoms with Crippen molar-refractivity contribution in [2.24, 2.45) is 0 Å². The predicted octanol–water partition coefficient (Wildman–Crippen LogP) is 3.67. The summed E-state index contributed by atoms with van der Waals surface area (Å²) in [5, 5.41) is 10.9. The Kier molecular flexibility index (Phi) is 4.60. The van der Waals surface area contributed by atoms with Crippen molar-refractivity contribution >= 4 is 22.3 Å². The number of ether oxygens (including phenoxy) is 1. The van der Waals surface area contributed by atoms with Gasteiger partial charge in [-0.3, -0.25) is 9.20 Å². The maximum atomic E-state index is 12.6. The number of fused-ring (bicyclic) bond motifs is 2. The van der Waals surface area contributed by atoms with Gasteiger partial charge >= 0.3 is 0 Å². The third kappa shape index (κ3) is 3.53. The summed E-state index contributed by atoms with van der Waals surface area (Å²) in [5.41, 5.74) is 0.866. The second-order valence-electron chi connectivity index (χ2n) is 7.44. The molecule has 29 heavy (non-hydrogen) atoms. The van der Waals surface area contributed by atoms with Gasteiger partial charge in [0.2, 0.25) is 0 Å². The first-order valence-corrected chi connectivity index (χ1v) is 9.97. The Labute approximate surface area is 168 Å². The van der Waals surface area contributed by atoms with E-state index in [1.54, 1.807) is 0 Å². The van der Waals surface area contributed by atoms with Crippen molar-refractivity contribution in [1.29, 1.82) is 0 Å². The minimum Gasteiger partial charge on any atom is -0.484 e. The van der Waals surface area contributed by atoms with E-state index in [4.69, 9.17) is 4.74 Å². The molecular formula is C23H22N4O2. The van der Waals surface area contributed by atoms with Crippen molar-refractivity contribution in [2.45, 2.75) is 18.8 Å². The standard InChI is InChI=1S/C23H22N4O2/c28-22(16-29-20-9-8-17-5-1-2-6-19(17)15-20)26-13-10-18(11-14-26)23-25-24-21-7-3-4-12-27(21)23/h1-9,12,15,18H,10-11,13-14,16H2. The van der Waals surface area contributed by atoms with E-state index in [0.29, 0.717) is 19.0 Å². The monoisotopic (exact) mass is 386 g/mol. The van der Waals surface area contributed by atoms with E-state index in [1.165, 1.54) is 0 Å². The molecule has 1 aliphatic heterocycles. The van der Waals surface area contributed by atoms with Crippen molar-refractivity contribution in [3.63, 3.8) is 0 Å². The van der Waals surface area contributed by atoms with Gasteiger partial charge < -0.3 is 9.64 Å². The van der Waals surface area contributed by atoms with Gasteiger partial charge in [0.25, 0.3) is 5.91 Å². The third-order valence-corrected chi connectivity index (χ3v) is 5.64. The van der Waals surface area contributed by atoms with Crippen molar-refractivity contribution in [3.05, 3.63) is 72.7 Å². The molecule has 1 aliphatic rings. The predicted molar refractivity (Wildman–Crippen MR) is 111 cm³/mol.